The van der Waals surface area contributed by atoms with E-state index in [1.54, 1.807) is 10.4 Å². The number of nitrogens with one attached hydrogen (secondary N) is 1. The summed E-state index contributed by atoms with van der Waals surface area (Å²) in [4.78, 5) is 0. The monoisotopic (exact) mass is 315 g/mol. The minimum atomic E-state index is -3.37. The number of piperidine rings is 1. The molecule has 1 saturated heterocycles. The fourth-order valence-electron chi connectivity index (χ4n) is 2.87. The van der Waals surface area contributed by atoms with Crippen molar-refractivity contribution in [3.63, 3.8) is 0 Å². The Labute approximate surface area is 129 Å². The zero-order chi connectivity index (χ0) is 15.5. The van der Waals surface area contributed by atoms with E-state index in [0.717, 1.165) is 19.4 Å². The molecule has 1 heterocycles. The zero-order valence-electron chi connectivity index (χ0n) is 13.3. The van der Waals surface area contributed by atoms with Crippen LogP contribution in [0.25, 0.3) is 0 Å². The molecule has 0 bridgehead atoms. The highest BCUT2D eigenvalue weighted by atomic mass is 32.2. The van der Waals surface area contributed by atoms with E-state index < -0.39 is 10.2 Å². The SMILES string of the molecule is C=CCN(C(C)C)S(=O)(=O)N1CCCC(CNC2CC2)C1. The van der Waals surface area contributed by atoms with Crippen molar-refractivity contribution in [3.05, 3.63) is 12.7 Å². The smallest absolute Gasteiger partial charge is 0.282 e. The third kappa shape index (κ3) is 4.52. The minimum absolute atomic E-state index is 0.0436. The van der Waals surface area contributed by atoms with Gasteiger partial charge in [0.1, 0.15) is 0 Å². The van der Waals surface area contributed by atoms with E-state index in [1.165, 1.54) is 17.1 Å². The second kappa shape index (κ2) is 7.22. The molecule has 2 fully saturated rings. The maximum absolute atomic E-state index is 12.8. The van der Waals surface area contributed by atoms with E-state index in [1.807, 2.05) is 13.8 Å². The van der Waals surface area contributed by atoms with E-state index in [0.29, 0.717) is 31.6 Å². The van der Waals surface area contributed by atoms with Crippen LogP contribution in [0.1, 0.15) is 39.5 Å². The van der Waals surface area contributed by atoms with Crippen molar-refractivity contribution < 1.29 is 8.42 Å². The molecular weight excluding hydrogens is 286 g/mol. The van der Waals surface area contributed by atoms with Crippen molar-refractivity contribution in [2.75, 3.05) is 26.2 Å². The summed E-state index contributed by atoms with van der Waals surface area (Å²) in [5.74, 6) is 0.437. The molecule has 0 aromatic carbocycles. The predicted molar refractivity (Wildman–Crippen MR) is 86.3 cm³/mol. The molecule has 0 aromatic rings. The number of rotatable bonds is 8. The Hall–Kier alpha value is -0.430. The molecule has 0 amide bonds. The fourth-order valence-corrected chi connectivity index (χ4v) is 4.75. The van der Waals surface area contributed by atoms with Gasteiger partial charge in [0.05, 0.1) is 0 Å². The van der Waals surface area contributed by atoms with Gasteiger partial charge in [-0.2, -0.15) is 17.0 Å². The van der Waals surface area contributed by atoms with Gasteiger partial charge in [-0.25, -0.2) is 0 Å². The zero-order valence-corrected chi connectivity index (χ0v) is 14.1. The van der Waals surface area contributed by atoms with E-state index in [-0.39, 0.29) is 6.04 Å². The van der Waals surface area contributed by atoms with Crippen LogP contribution < -0.4 is 5.32 Å². The predicted octanol–water partition coefficient (Wildman–Crippen LogP) is 1.59. The molecule has 1 unspecified atom stereocenters. The summed E-state index contributed by atoms with van der Waals surface area (Å²) in [6.07, 6.45) is 6.28. The first-order valence-electron chi connectivity index (χ1n) is 8.06. The quantitative estimate of drug-likeness (QED) is 0.692. The largest absolute Gasteiger partial charge is 0.314 e. The van der Waals surface area contributed by atoms with Gasteiger partial charge in [-0.1, -0.05) is 6.08 Å². The molecule has 2 aliphatic rings. The third-order valence-corrected chi connectivity index (χ3v) is 6.41. The van der Waals surface area contributed by atoms with Crippen molar-refractivity contribution >= 4 is 10.2 Å². The number of nitrogens with zero attached hydrogens (tertiary/aromatic N) is 2. The van der Waals surface area contributed by atoms with E-state index in [2.05, 4.69) is 11.9 Å². The Morgan fingerprint density at radius 3 is 2.67 bits per heavy atom. The van der Waals surface area contributed by atoms with Gasteiger partial charge in [-0.05, 0) is 52.0 Å². The molecular formula is C15H29N3O2S. The normalized spacial score (nSPS) is 24.7. The summed E-state index contributed by atoms with van der Waals surface area (Å²) in [6, 6.07) is 0.642. The van der Waals surface area contributed by atoms with Gasteiger partial charge in [0, 0.05) is 31.7 Å². The molecule has 122 valence electrons. The standard InChI is InChI=1S/C15H29N3O2S/c1-4-9-18(13(2)3)21(19,20)17-10-5-6-14(12-17)11-16-15-7-8-15/h4,13-16H,1,5-12H2,2-3H3. The highest BCUT2D eigenvalue weighted by molar-refractivity contribution is 7.86. The summed E-state index contributed by atoms with van der Waals surface area (Å²) in [5.41, 5.74) is 0. The molecule has 1 N–H and O–H groups in total. The Balaban J connectivity index is 1.98. The second-order valence-corrected chi connectivity index (χ2v) is 8.39. The van der Waals surface area contributed by atoms with E-state index in [4.69, 9.17) is 0 Å². The lowest BCUT2D eigenvalue weighted by molar-refractivity contribution is 0.237. The van der Waals surface area contributed by atoms with Gasteiger partial charge in [0.2, 0.25) is 0 Å². The average molecular weight is 315 g/mol. The first kappa shape index (κ1) is 16.9. The Morgan fingerprint density at radius 2 is 2.10 bits per heavy atom. The number of hydrogen-bond acceptors (Lipinski definition) is 3. The molecule has 0 radical (unpaired) electrons. The molecule has 0 aromatic heterocycles. The molecule has 0 spiro atoms. The van der Waals surface area contributed by atoms with Crippen molar-refractivity contribution in [1.82, 2.24) is 13.9 Å². The van der Waals surface area contributed by atoms with Gasteiger partial charge >= 0.3 is 0 Å². The summed E-state index contributed by atoms with van der Waals surface area (Å²) in [6.45, 7) is 10.1. The molecule has 1 atom stereocenters. The van der Waals surface area contributed by atoms with Crippen LogP contribution in [-0.4, -0.2) is 55.3 Å². The maximum Gasteiger partial charge on any atom is 0.282 e. The highest BCUT2D eigenvalue weighted by Crippen LogP contribution is 2.24. The summed E-state index contributed by atoms with van der Waals surface area (Å²) in [5, 5.41) is 3.52. The lowest BCUT2D eigenvalue weighted by Crippen LogP contribution is -2.51. The molecule has 6 heteroatoms. The van der Waals surface area contributed by atoms with Crippen LogP contribution in [0, 0.1) is 5.92 Å². The van der Waals surface area contributed by atoms with E-state index in [9.17, 15) is 8.42 Å². The Bertz CT molecular complexity index is 446. The minimum Gasteiger partial charge on any atom is -0.314 e. The van der Waals surface area contributed by atoms with Crippen LogP contribution in [0.2, 0.25) is 0 Å². The van der Waals surface area contributed by atoms with Crippen molar-refractivity contribution in [1.29, 1.82) is 0 Å². The van der Waals surface area contributed by atoms with Crippen LogP contribution in [0.5, 0.6) is 0 Å². The Kier molecular flexibility index (Phi) is 5.82. The molecule has 1 saturated carbocycles. The van der Waals surface area contributed by atoms with Crippen molar-refractivity contribution in [2.45, 2.75) is 51.6 Å². The van der Waals surface area contributed by atoms with Crippen LogP contribution in [-0.2, 0) is 10.2 Å². The van der Waals surface area contributed by atoms with Crippen molar-refractivity contribution in [2.24, 2.45) is 5.92 Å². The van der Waals surface area contributed by atoms with Gasteiger partial charge < -0.3 is 5.32 Å². The van der Waals surface area contributed by atoms with Crippen LogP contribution in [0.4, 0.5) is 0 Å². The summed E-state index contributed by atoms with van der Waals surface area (Å²) < 4.78 is 28.8. The van der Waals surface area contributed by atoms with E-state index >= 15 is 0 Å². The first-order valence-corrected chi connectivity index (χ1v) is 9.46. The molecule has 21 heavy (non-hydrogen) atoms. The van der Waals surface area contributed by atoms with Crippen LogP contribution in [0.3, 0.4) is 0 Å². The van der Waals surface area contributed by atoms with Crippen LogP contribution >= 0.6 is 0 Å². The molecule has 1 aliphatic carbocycles. The van der Waals surface area contributed by atoms with Gasteiger partial charge in [-0.3, -0.25) is 0 Å². The van der Waals surface area contributed by atoms with Gasteiger partial charge in [0.15, 0.2) is 0 Å². The number of hydrogen-bond donors (Lipinski definition) is 1. The lowest BCUT2D eigenvalue weighted by Gasteiger charge is -2.36. The van der Waals surface area contributed by atoms with Gasteiger partial charge in [0.25, 0.3) is 10.2 Å². The summed E-state index contributed by atoms with van der Waals surface area (Å²) in [7, 11) is -3.37. The first-order chi connectivity index (χ1) is 9.95. The average Bonchev–Trinajstić information content (AvgIpc) is 3.26. The van der Waals surface area contributed by atoms with Crippen LogP contribution in [0.15, 0.2) is 12.7 Å². The fraction of sp³-hybridized carbons (Fsp3) is 0.867. The second-order valence-electron chi connectivity index (χ2n) is 6.51. The third-order valence-electron chi connectivity index (χ3n) is 4.26. The molecule has 1 aliphatic heterocycles. The van der Waals surface area contributed by atoms with Gasteiger partial charge in [-0.15, -0.1) is 6.58 Å². The lowest BCUT2D eigenvalue weighted by atomic mass is 10.00. The molecule has 5 nitrogen and oxygen atoms in total. The Morgan fingerprint density at radius 1 is 1.38 bits per heavy atom. The topological polar surface area (TPSA) is 52.7 Å². The summed E-state index contributed by atoms with van der Waals surface area (Å²) >= 11 is 0. The maximum atomic E-state index is 12.8. The van der Waals surface area contributed by atoms with Crippen molar-refractivity contribution in [3.8, 4) is 0 Å². The molecule has 2 rings (SSSR count). The highest BCUT2D eigenvalue weighted by Gasteiger charge is 2.34.